The van der Waals surface area contributed by atoms with Gasteiger partial charge in [0.05, 0.1) is 6.04 Å². The van der Waals surface area contributed by atoms with Crippen molar-refractivity contribution in [3.8, 4) is 11.5 Å². The summed E-state index contributed by atoms with van der Waals surface area (Å²) < 4.78 is 10.3. The van der Waals surface area contributed by atoms with Crippen LogP contribution in [0.3, 0.4) is 0 Å². The molecule has 1 unspecified atom stereocenters. The maximum atomic E-state index is 11.9. The number of hydrogen-bond donors (Lipinski definition) is 2. The third kappa shape index (κ3) is 2.60. The topological polar surface area (TPSA) is 98.9 Å². The van der Waals surface area contributed by atoms with Gasteiger partial charge in [-0.2, -0.15) is 0 Å². The molecule has 1 atom stereocenters. The zero-order valence-corrected chi connectivity index (χ0v) is 9.59. The zero-order chi connectivity index (χ0) is 13.1. The molecule has 1 heterocycles. The van der Waals surface area contributed by atoms with Gasteiger partial charge in [0, 0.05) is 12.0 Å². The molecule has 1 aliphatic heterocycles. The Kier molecular flexibility index (Phi) is 3.47. The van der Waals surface area contributed by atoms with Crippen LogP contribution >= 0.6 is 0 Å². The lowest BCUT2D eigenvalue weighted by Gasteiger charge is -2.09. The highest BCUT2D eigenvalue weighted by Crippen LogP contribution is 2.32. The highest BCUT2D eigenvalue weighted by Gasteiger charge is 2.20. The maximum Gasteiger partial charge on any atom is 0.303 e. The van der Waals surface area contributed by atoms with Crippen LogP contribution in [0.1, 0.15) is 23.2 Å². The number of aliphatic carboxylic acids is 1. The molecule has 1 aromatic rings. The Hall–Kier alpha value is -2.08. The number of benzene rings is 1. The van der Waals surface area contributed by atoms with Gasteiger partial charge in [-0.3, -0.25) is 9.59 Å². The van der Waals surface area contributed by atoms with Gasteiger partial charge in [-0.1, -0.05) is 0 Å². The fourth-order valence-corrected chi connectivity index (χ4v) is 1.67. The van der Waals surface area contributed by atoms with Crippen LogP contribution in [0.2, 0.25) is 0 Å². The number of Topliss-reactive ketones (excluding diaryl/α,β-unsaturated/α-hetero) is 1. The predicted molar refractivity (Wildman–Crippen MR) is 61.7 cm³/mol. The number of nitrogens with two attached hydrogens (primary N) is 1. The third-order valence-electron chi connectivity index (χ3n) is 2.66. The summed E-state index contributed by atoms with van der Waals surface area (Å²) in [5.74, 6) is -0.171. The molecule has 0 aromatic heterocycles. The van der Waals surface area contributed by atoms with Crippen LogP contribution in [0.15, 0.2) is 18.2 Å². The van der Waals surface area contributed by atoms with Crippen LogP contribution < -0.4 is 15.2 Å². The Labute approximate surface area is 103 Å². The summed E-state index contributed by atoms with van der Waals surface area (Å²) in [6.45, 7) is 0.137. The molecule has 0 fully saturated rings. The minimum atomic E-state index is -0.969. The van der Waals surface area contributed by atoms with E-state index in [1.54, 1.807) is 18.2 Å². The number of ether oxygens (including phenoxy) is 2. The highest BCUT2D eigenvalue weighted by atomic mass is 16.7. The van der Waals surface area contributed by atoms with Gasteiger partial charge in [0.15, 0.2) is 17.3 Å². The first-order chi connectivity index (χ1) is 8.58. The molecule has 0 saturated carbocycles. The zero-order valence-electron chi connectivity index (χ0n) is 9.59. The van der Waals surface area contributed by atoms with Gasteiger partial charge in [-0.15, -0.1) is 0 Å². The van der Waals surface area contributed by atoms with E-state index in [1.807, 2.05) is 0 Å². The van der Waals surface area contributed by atoms with E-state index in [0.717, 1.165) is 0 Å². The Morgan fingerprint density at radius 1 is 1.33 bits per heavy atom. The number of hydrogen-bond acceptors (Lipinski definition) is 5. The number of carbonyl (C=O) groups is 2. The van der Waals surface area contributed by atoms with Crippen LogP contribution in [-0.4, -0.2) is 29.7 Å². The molecule has 0 bridgehead atoms. The summed E-state index contributed by atoms with van der Waals surface area (Å²) in [7, 11) is 0. The van der Waals surface area contributed by atoms with Gasteiger partial charge in [0.1, 0.15) is 0 Å². The van der Waals surface area contributed by atoms with Crippen molar-refractivity contribution in [3.05, 3.63) is 23.8 Å². The molecule has 3 N–H and O–H groups in total. The smallest absolute Gasteiger partial charge is 0.303 e. The molecule has 0 saturated heterocycles. The Balaban J connectivity index is 2.06. The van der Waals surface area contributed by atoms with E-state index in [9.17, 15) is 9.59 Å². The van der Waals surface area contributed by atoms with Crippen LogP contribution in [0.25, 0.3) is 0 Å². The second kappa shape index (κ2) is 5.05. The fourth-order valence-electron chi connectivity index (χ4n) is 1.67. The molecule has 1 aliphatic rings. The molecule has 6 heteroatoms. The number of rotatable bonds is 5. The Bertz CT molecular complexity index is 485. The van der Waals surface area contributed by atoms with Crippen molar-refractivity contribution < 1.29 is 24.2 Å². The number of ketones is 1. The van der Waals surface area contributed by atoms with Crippen molar-refractivity contribution in [2.24, 2.45) is 5.73 Å². The average Bonchev–Trinajstić information content (AvgIpc) is 2.81. The summed E-state index contributed by atoms with van der Waals surface area (Å²) in [5.41, 5.74) is 6.06. The third-order valence-corrected chi connectivity index (χ3v) is 2.66. The molecule has 0 radical (unpaired) electrons. The summed E-state index contributed by atoms with van der Waals surface area (Å²) in [5, 5.41) is 8.54. The predicted octanol–water partition coefficient (Wildman–Crippen LogP) is 0.790. The SMILES string of the molecule is NC(CCC(=O)O)C(=O)c1ccc2c(c1)OCO2. The van der Waals surface area contributed by atoms with E-state index in [1.165, 1.54) is 0 Å². The normalized spacial score (nSPS) is 14.3. The van der Waals surface area contributed by atoms with Crippen molar-refractivity contribution in [2.75, 3.05) is 6.79 Å². The molecule has 0 aliphatic carbocycles. The van der Waals surface area contributed by atoms with Gasteiger partial charge in [0.2, 0.25) is 6.79 Å². The van der Waals surface area contributed by atoms with Crippen molar-refractivity contribution >= 4 is 11.8 Å². The van der Waals surface area contributed by atoms with Crippen LogP contribution in [0.4, 0.5) is 0 Å². The molecular formula is C12H13NO5. The maximum absolute atomic E-state index is 11.9. The largest absolute Gasteiger partial charge is 0.481 e. The van der Waals surface area contributed by atoms with Gasteiger partial charge in [0.25, 0.3) is 0 Å². The van der Waals surface area contributed by atoms with Crippen LogP contribution in [0, 0.1) is 0 Å². The lowest BCUT2D eigenvalue weighted by molar-refractivity contribution is -0.137. The molecule has 6 nitrogen and oxygen atoms in total. The minimum Gasteiger partial charge on any atom is -0.481 e. The van der Waals surface area contributed by atoms with Gasteiger partial charge < -0.3 is 20.3 Å². The van der Waals surface area contributed by atoms with E-state index in [2.05, 4.69) is 0 Å². The number of carboxylic acid groups (broad SMARTS) is 1. The first-order valence-electron chi connectivity index (χ1n) is 5.49. The molecular weight excluding hydrogens is 238 g/mol. The number of fused-ring (bicyclic) bond motifs is 1. The van der Waals surface area contributed by atoms with Crippen molar-refractivity contribution in [3.63, 3.8) is 0 Å². The summed E-state index contributed by atoms with van der Waals surface area (Å²) in [6, 6.07) is 3.97. The van der Waals surface area contributed by atoms with Crippen LogP contribution in [0.5, 0.6) is 11.5 Å². The Morgan fingerprint density at radius 3 is 2.78 bits per heavy atom. The average molecular weight is 251 g/mol. The summed E-state index contributed by atoms with van der Waals surface area (Å²) >= 11 is 0. The molecule has 0 amide bonds. The molecule has 0 spiro atoms. The van der Waals surface area contributed by atoms with Gasteiger partial charge in [-0.25, -0.2) is 0 Å². The summed E-state index contributed by atoms with van der Waals surface area (Å²) in [6.07, 6.45) is -0.0138. The van der Waals surface area contributed by atoms with Gasteiger partial charge >= 0.3 is 5.97 Å². The molecule has 1 aromatic carbocycles. The number of carboxylic acids is 1. The standard InChI is InChI=1S/C12H13NO5/c13-8(2-4-11(14)15)12(16)7-1-3-9-10(5-7)18-6-17-9/h1,3,5,8H,2,4,6,13H2,(H,14,15). The first-order valence-corrected chi connectivity index (χ1v) is 5.49. The Morgan fingerprint density at radius 2 is 2.06 bits per heavy atom. The second-order valence-corrected chi connectivity index (χ2v) is 3.97. The van der Waals surface area contributed by atoms with E-state index in [4.69, 9.17) is 20.3 Å². The fraction of sp³-hybridized carbons (Fsp3) is 0.333. The van der Waals surface area contributed by atoms with Crippen LogP contribution in [-0.2, 0) is 4.79 Å². The van der Waals surface area contributed by atoms with Crippen molar-refractivity contribution in [1.29, 1.82) is 0 Å². The van der Waals surface area contributed by atoms with E-state index >= 15 is 0 Å². The molecule has 2 rings (SSSR count). The highest BCUT2D eigenvalue weighted by molar-refractivity contribution is 6.00. The second-order valence-electron chi connectivity index (χ2n) is 3.97. The van der Waals surface area contributed by atoms with E-state index in [-0.39, 0.29) is 25.4 Å². The van der Waals surface area contributed by atoms with E-state index < -0.39 is 12.0 Å². The number of carbonyl (C=O) groups excluding carboxylic acids is 1. The first kappa shape index (κ1) is 12.4. The van der Waals surface area contributed by atoms with Crippen molar-refractivity contribution in [1.82, 2.24) is 0 Å². The van der Waals surface area contributed by atoms with Gasteiger partial charge in [-0.05, 0) is 24.6 Å². The van der Waals surface area contributed by atoms with E-state index in [0.29, 0.717) is 17.1 Å². The summed E-state index contributed by atoms with van der Waals surface area (Å²) in [4.78, 5) is 22.4. The molecule has 96 valence electrons. The quantitative estimate of drug-likeness (QED) is 0.750. The minimum absolute atomic E-state index is 0.114. The molecule has 18 heavy (non-hydrogen) atoms. The van der Waals surface area contributed by atoms with Crippen molar-refractivity contribution in [2.45, 2.75) is 18.9 Å². The monoisotopic (exact) mass is 251 g/mol. The lowest BCUT2D eigenvalue weighted by Crippen LogP contribution is -2.31. The lowest BCUT2D eigenvalue weighted by atomic mass is 10.0.